The molecule has 23 heavy (non-hydrogen) atoms. The second-order valence-electron chi connectivity index (χ2n) is 5.88. The molecule has 0 spiro atoms. The largest absolute Gasteiger partial charge is 0.373 e. The molecule has 3 rings (SSSR count). The molecule has 1 amide bonds. The van der Waals surface area contributed by atoms with Gasteiger partial charge >= 0.3 is 0 Å². The number of rotatable bonds is 4. The minimum atomic E-state index is -0.0321. The number of carbonyl (C=O) groups is 1. The van der Waals surface area contributed by atoms with Gasteiger partial charge in [0, 0.05) is 31.4 Å². The third-order valence-electron chi connectivity index (χ3n) is 4.02. The molecule has 1 atom stereocenters. The van der Waals surface area contributed by atoms with Crippen LogP contribution in [0.25, 0.3) is 0 Å². The maximum atomic E-state index is 12.6. The van der Waals surface area contributed by atoms with Gasteiger partial charge in [-0.1, -0.05) is 12.1 Å². The molecular formula is C17H22N4O2. The third kappa shape index (κ3) is 3.78. The number of aromatic nitrogens is 2. The van der Waals surface area contributed by atoms with Crippen LogP contribution >= 0.6 is 0 Å². The van der Waals surface area contributed by atoms with Gasteiger partial charge in [0.15, 0.2) is 0 Å². The summed E-state index contributed by atoms with van der Waals surface area (Å²) in [6.45, 7) is 4.90. The van der Waals surface area contributed by atoms with Crippen molar-refractivity contribution in [1.82, 2.24) is 14.7 Å². The predicted molar refractivity (Wildman–Crippen MR) is 86.9 cm³/mol. The summed E-state index contributed by atoms with van der Waals surface area (Å²) in [4.78, 5) is 14.5. The number of hydrogen-bond acceptors (Lipinski definition) is 4. The van der Waals surface area contributed by atoms with Crippen LogP contribution in [-0.4, -0.2) is 46.4 Å². The van der Waals surface area contributed by atoms with E-state index in [9.17, 15) is 4.79 Å². The van der Waals surface area contributed by atoms with Gasteiger partial charge in [0.25, 0.3) is 5.91 Å². The van der Waals surface area contributed by atoms with Gasteiger partial charge in [-0.25, -0.2) is 0 Å². The van der Waals surface area contributed by atoms with E-state index in [0.717, 1.165) is 11.1 Å². The molecule has 1 aromatic heterocycles. The molecule has 6 nitrogen and oxygen atoms in total. The maximum absolute atomic E-state index is 12.6. The van der Waals surface area contributed by atoms with Gasteiger partial charge in [-0.05, 0) is 30.2 Å². The fourth-order valence-electron chi connectivity index (χ4n) is 2.76. The lowest BCUT2D eigenvalue weighted by Crippen LogP contribution is -2.47. The van der Waals surface area contributed by atoms with Crippen LogP contribution in [0.2, 0.25) is 0 Å². The Kier molecular flexibility index (Phi) is 4.73. The minimum Gasteiger partial charge on any atom is -0.373 e. The number of nitrogens with two attached hydrogens (primary N) is 1. The molecule has 1 fully saturated rings. The summed E-state index contributed by atoms with van der Waals surface area (Å²) < 4.78 is 7.64. The van der Waals surface area contributed by atoms with Crippen LogP contribution in [-0.2, 0) is 17.8 Å². The summed E-state index contributed by atoms with van der Waals surface area (Å²) >= 11 is 0. The van der Waals surface area contributed by atoms with Crippen LogP contribution in [0.3, 0.4) is 0 Å². The highest BCUT2D eigenvalue weighted by atomic mass is 16.5. The minimum absolute atomic E-state index is 0.0321. The average Bonchev–Trinajstić information content (AvgIpc) is 2.99. The Bertz CT molecular complexity index is 665. The molecule has 1 unspecified atom stereocenters. The fraction of sp³-hybridized carbons (Fsp3) is 0.412. The van der Waals surface area contributed by atoms with Crippen LogP contribution in [0.4, 0.5) is 0 Å². The summed E-state index contributed by atoms with van der Waals surface area (Å²) in [7, 11) is 0. The molecule has 122 valence electrons. The highest BCUT2D eigenvalue weighted by Gasteiger charge is 2.25. The zero-order valence-corrected chi connectivity index (χ0v) is 13.3. The normalized spacial score (nSPS) is 18.2. The van der Waals surface area contributed by atoms with Crippen LogP contribution < -0.4 is 5.73 Å². The van der Waals surface area contributed by atoms with E-state index in [1.807, 2.05) is 53.2 Å². The Hall–Kier alpha value is -2.18. The van der Waals surface area contributed by atoms with Crippen LogP contribution in [0.5, 0.6) is 0 Å². The van der Waals surface area contributed by atoms with Crippen molar-refractivity contribution in [2.75, 3.05) is 19.7 Å². The van der Waals surface area contributed by atoms with Gasteiger partial charge in [0.05, 0.1) is 25.5 Å². The summed E-state index contributed by atoms with van der Waals surface area (Å²) in [5, 5.41) is 4.28. The Balaban J connectivity index is 1.63. The molecule has 1 aliphatic heterocycles. The van der Waals surface area contributed by atoms with E-state index < -0.39 is 0 Å². The summed E-state index contributed by atoms with van der Waals surface area (Å²) in [5.74, 6) is 0.0403. The number of hydrogen-bond donors (Lipinski definition) is 1. The Morgan fingerprint density at radius 2 is 2.17 bits per heavy atom. The molecule has 6 heteroatoms. The second kappa shape index (κ2) is 6.93. The SMILES string of the molecule is Cc1cnn(CC2CN(C(=O)c3ccc(CN)cc3)CCO2)c1. The lowest BCUT2D eigenvalue weighted by Gasteiger charge is -2.33. The van der Waals surface area contributed by atoms with Crippen molar-refractivity contribution in [2.24, 2.45) is 5.73 Å². The fourth-order valence-corrected chi connectivity index (χ4v) is 2.76. The van der Waals surface area contributed by atoms with Gasteiger partial charge < -0.3 is 15.4 Å². The molecule has 0 aliphatic carbocycles. The van der Waals surface area contributed by atoms with Crippen molar-refractivity contribution in [3.8, 4) is 0 Å². The lowest BCUT2D eigenvalue weighted by molar-refractivity contribution is -0.0300. The summed E-state index contributed by atoms with van der Waals surface area (Å²) in [5.41, 5.74) is 8.43. The van der Waals surface area contributed by atoms with E-state index in [2.05, 4.69) is 5.10 Å². The number of benzene rings is 1. The Morgan fingerprint density at radius 3 is 2.83 bits per heavy atom. The Labute approximate surface area is 135 Å². The predicted octanol–water partition coefficient (Wildman–Crippen LogP) is 1.19. The third-order valence-corrected chi connectivity index (χ3v) is 4.02. The molecule has 0 saturated carbocycles. The number of morpholine rings is 1. The molecule has 2 heterocycles. The van der Waals surface area contributed by atoms with Crippen LogP contribution in [0.15, 0.2) is 36.7 Å². The van der Waals surface area contributed by atoms with Crippen LogP contribution in [0, 0.1) is 6.92 Å². The molecule has 1 aromatic carbocycles. The number of ether oxygens (including phenoxy) is 1. The maximum Gasteiger partial charge on any atom is 0.254 e. The van der Waals surface area contributed by atoms with Crippen molar-refractivity contribution in [1.29, 1.82) is 0 Å². The number of nitrogens with zero attached hydrogens (tertiary/aromatic N) is 3. The van der Waals surface area contributed by atoms with E-state index in [0.29, 0.717) is 38.3 Å². The highest BCUT2D eigenvalue weighted by molar-refractivity contribution is 5.94. The summed E-state index contributed by atoms with van der Waals surface area (Å²) in [6, 6.07) is 7.48. The lowest BCUT2D eigenvalue weighted by atomic mass is 10.1. The highest BCUT2D eigenvalue weighted by Crippen LogP contribution is 2.13. The summed E-state index contributed by atoms with van der Waals surface area (Å²) in [6.07, 6.45) is 3.77. The van der Waals surface area contributed by atoms with Gasteiger partial charge in [-0.3, -0.25) is 9.48 Å². The van der Waals surface area contributed by atoms with Gasteiger partial charge in [0.1, 0.15) is 0 Å². The van der Waals surface area contributed by atoms with Gasteiger partial charge in [-0.15, -0.1) is 0 Å². The zero-order valence-electron chi connectivity index (χ0n) is 13.3. The van der Waals surface area contributed by atoms with Crippen molar-refractivity contribution in [2.45, 2.75) is 26.1 Å². The average molecular weight is 314 g/mol. The van der Waals surface area contributed by atoms with Crippen molar-refractivity contribution < 1.29 is 9.53 Å². The number of amides is 1. The smallest absolute Gasteiger partial charge is 0.254 e. The second-order valence-corrected chi connectivity index (χ2v) is 5.88. The van der Waals surface area contributed by atoms with Crippen molar-refractivity contribution in [3.05, 3.63) is 53.3 Å². The van der Waals surface area contributed by atoms with Gasteiger partial charge in [-0.2, -0.15) is 5.10 Å². The standard InChI is InChI=1S/C17H22N4O2/c1-13-9-19-21(10-13)12-16-11-20(6-7-23-16)17(22)15-4-2-14(8-18)3-5-15/h2-5,9-10,16H,6-8,11-12,18H2,1H3. The van der Waals surface area contributed by atoms with Crippen molar-refractivity contribution >= 4 is 5.91 Å². The molecule has 1 aliphatic rings. The van der Waals surface area contributed by atoms with Crippen molar-refractivity contribution in [3.63, 3.8) is 0 Å². The zero-order chi connectivity index (χ0) is 16.2. The first-order valence-electron chi connectivity index (χ1n) is 7.84. The number of aryl methyl sites for hydroxylation is 1. The first kappa shape index (κ1) is 15.7. The van der Waals surface area contributed by atoms with E-state index >= 15 is 0 Å². The molecule has 0 bridgehead atoms. The molecular weight excluding hydrogens is 292 g/mol. The molecule has 1 saturated heterocycles. The first-order valence-corrected chi connectivity index (χ1v) is 7.84. The topological polar surface area (TPSA) is 73.4 Å². The monoisotopic (exact) mass is 314 g/mol. The number of carbonyl (C=O) groups excluding carboxylic acids is 1. The molecule has 2 aromatic rings. The van der Waals surface area contributed by atoms with E-state index in [1.165, 1.54) is 0 Å². The molecule has 0 radical (unpaired) electrons. The molecule has 2 N–H and O–H groups in total. The van der Waals surface area contributed by atoms with E-state index in [1.54, 1.807) is 0 Å². The van der Waals surface area contributed by atoms with E-state index in [-0.39, 0.29) is 12.0 Å². The van der Waals surface area contributed by atoms with Crippen LogP contribution in [0.1, 0.15) is 21.5 Å². The quantitative estimate of drug-likeness (QED) is 0.920. The Morgan fingerprint density at radius 1 is 1.39 bits per heavy atom. The van der Waals surface area contributed by atoms with E-state index in [4.69, 9.17) is 10.5 Å². The van der Waals surface area contributed by atoms with Gasteiger partial charge in [0.2, 0.25) is 0 Å². The first-order chi connectivity index (χ1) is 11.2.